The Kier molecular flexibility index (Phi) is 3.74. The molecule has 0 aliphatic carbocycles. The van der Waals surface area contributed by atoms with Gasteiger partial charge in [-0.2, -0.15) is 0 Å². The summed E-state index contributed by atoms with van der Waals surface area (Å²) < 4.78 is 5.61. The number of amides is 2. The number of hydrogen-bond acceptors (Lipinski definition) is 4. The molecule has 1 aliphatic heterocycles. The molecule has 1 aromatic carbocycles. The highest BCUT2D eigenvalue weighted by Gasteiger charge is 2.28. The van der Waals surface area contributed by atoms with Crippen LogP contribution in [0.1, 0.15) is 38.2 Å². The average Bonchev–Trinajstić information content (AvgIpc) is 2.32. The van der Waals surface area contributed by atoms with Gasteiger partial charge in [-0.05, 0) is 38.0 Å². The molecule has 0 saturated carbocycles. The first-order valence-electron chi connectivity index (χ1n) is 6.37. The first kappa shape index (κ1) is 13.4. The van der Waals surface area contributed by atoms with Gasteiger partial charge in [0, 0.05) is 6.42 Å². The van der Waals surface area contributed by atoms with Crippen molar-refractivity contribution in [1.29, 1.82) is 0 Å². The van der Waals surface area contributed by atoms with E-state index in [9.17, 15) is 9.59 Å². The van der Waals surface area contributed by atoms with Crippen molar-refractivity contribution in [2.24, 2.45) is 0 Å². The fraction of sp³-hybridized carbons (Fsp3) is 0.429. The fourth-order valence-electron chi connectivity index (χ4n) is 2.14. The summed E-state index contributed by atoms with van der Waals surface area (Å²) in [6, 6.07) is 5.33. The van der Waals surface area contributed by atoms with Gasteiger partial charge in [-0.25, -0.2) is 0 Å². The Morgan fingerprint density at radius 1 is 1.37 bits per heavy atom. The largest absolute Gasteiger partial charge is 0.489 e. The van der Waals surface area contributed by atoms with Crippen LogP contribution in [0.2, 0.25) is 0 Å². The van der Waals surface area contributed by atoms with E-state index in [4.69, 9.17) is 10.5 Å². The predicted molar refractivity (Wildman–Crippen MR) is 71.7 cm³/mol. The Hall–Kier alpha value is -2.04. The maximum Gasteiger partial charge on any atom is 0.234 e. The minimum atomic E-state index is -0.312. The molecule has 19 heavy (non-hydrogen) atoms. The number of carbonyl (C=O) groups is 2. The third kappa shape index (κ3) is 3.05. The van der Waals surface area contributed by atoms with Gasteiger partial charge in [0.1, 0.15) is 5.75 Å². The third-order valence-corrected chi connectivity index (χ3v) is 3.04. The van der Waals surface area contributed by atoms with Gasteiger partial charge < -0.3 is 10.5 Å². The summed E-state index contributed by atoms with van der Waals surface area (Å²) in [6.45, 7) is 3.83. The number of benzene rings is 1. The number of imide groups is 1. The zero-order valence-electron chi connectivity index (χ0n) is 11.1. The highest BCUT2D eigenvalue weighted by atomic mass is 16.5. The average molecular weight is 262 g/mol. The van der Waals surface area contributed by atoms with Crippen molar-refractivity contribution < 1.29 is 14.3 Å². The second-order valence-corrected chi connectivity index (χ2v) is 4.97. The van der Waals surface area contributed by atoms with E-state index in [1.165, 1.54) is 0 Å². The molecule has 5 heteroatoms. The number of carbonyl (C=O) groups excluding carboxylic acids is 2. The lowest BCUT2D eigenvalue weighted by atomic mass is 9.90. The summed E-state index contributed by atoms with van der Waals surface area (Å²) in [4.78, 5) is 23.0. The number of hydrogen-bond donors (Lipinski definition) is 2. The predicted octanol–water partition coefficient (Wildman–Crippen LogP) is 1.58. The van der Waals surface area contributed by atoms with E-state index in [0.717, 1.165) is 5.56 Å². The van der Waals surface area contributed by atoms with E-state index < -0.39 is 0 Å². The topological polar surface area (TPSA) is 81.4 Å². The van der Waals surface area contributed by atoms with Crippen molar-refractivity contribution in [3.05, 3.63) is 23.8 Å². The Labute approximate surface area is 112 Å². The number of nitrogens with one attached hydrogen (secondary N) is 1. The Morgan fingerprint density at radius 2 is 2.11 bits per heavy atom. The highest BCUT2D eigenvalue weighted by Crippen LogP contribution is 2.31. The maximum atomic E-state index is 11.8. The van der Waals surface area contributed by atoms with Crippen molar-refractivity contribution in [2.75, 3.05) is 5.73 Å². The third-order valence-electron chi connectivity index (χ3n) is 3.04. The van der Waals surface area contributed by atoms with Crippen LogP contribution >= 0.6 is 0 Å². The second-order valence-electron chi connectivity index (χ2n) is 4.97. The number of anilines is 1. The van der Waals surface area contributed by atoms with Crippen molar-refractivity contribution >= 4 is 17.5 Å². The smallest absolute Gasteiger partial charge is 0.234 e. The zero-order chi connectivity index (χ0) is 14.0. The van der Waals surface area contributed by atoms with E-state index in [2.05, 4.69) is 5.32 Å². The van der Waals surface area contributed by atoms with Gasteiger partial charge in [-0.3, -0.25) is 14.9 Å². The SMILES string of the molecule is CC(C)Oc1cc(C2CCC(=O)NC2=O)ccc1N. The van der Waals surface area contributed by atoms with Crippen LogP contribution in [0.4, 0.5) is 5.69 Å². The van der Waals surface area contributed by atoms with Gasteiger partial charge in [0.25, 0.3) is 0 Å². The first-order chi connectivity index (χ1) is 8.97. The van der Waals surface area contributed by atoms with Crippen LogP contribution in [0.3, 0.4) is 0 Å². The lowest BCUT2D eigenvalue weighted by Gasteiger charge is -2.22. The van der Waals surface area contributed by atoms with Gasteiger partial charge in [0.15, 0.2) is 0 Å². The van der Waals surface area contributed by atoms with Crippen molar-refractivity contribution in [3.8, 4) is 5.75 Å². The summed E-state index contributed by atoms with van der Waals surface area (Å²) in [7, 11) is 0. The van der Waals surface area contributed by atoms with Crippen molar-refractivity contribution in [2.45, 2.75) is 38.7 Å². The molecule has 2 rings (SSSR count). The first-order valence-corrected chi connectivity index (χ1v) is 6.37. The lowest BCUT2D eigenvalue weighted by molar-refractivity contribution is -0.134. The van der Waals surface area contributed by atoms with Crippen LogP contribution in [-0.4, -0.2) is 17.9 Å². The summed E-state index contributed by atoms with van der Waals surface area (Å²) >= 11 is 0. The quantitative estimate of drug-likeness (QED) is 0.640. The summed E-state index contributed by atoms with van der Waals surface area (Å²) in [5.41, 5.74) is 7.22. The minimum absolute atomic E-state index is 0.0133. The monoisotopic (exact) mass is 262 g/mol. The van der Waals surface area contributed by atoms with E-state index in [1.54, 1.807) is 12.1 Å². The second kappa shape index (κ2) is 5.30. The molecule has 5 nitrogen and oxygen atoms in total. The summed E-state index contributed by atoms with van der Waals surface area (Å²) in [6.07, 6.45) is 0.899. The molecule has 1 aromatic rings. The molecule has 3 N–H and O–H groups in total. The van der Waals surface area contributed by atoms with Crippen molar-refractivity contribution in [1.82, 2.24) is 5.32 Å². The van der Waals surface area contributed by atoms with Gasteiger partial charge in [0.2, 0.25) is 11.8 Å². The number of ether oxygens (including phenoxy) is 1. The van der Waals surface area contributed by atoms with Crippen LogP contribution in [0.5, 0.6) is 5.75 Å². The molecule has 1 unspecified atom stereocenters. The molecular formula is C14H18N2O3. The van der Waals surface area contributed by atoms with Crippen LogP contribution in [0, 0.1) is 0 Å². The van der Waals surface area contributed by atoms with Crippen LogP contribution in [-0.2, 0) is 9.59 Å². The van der Waals surface area contributed by atoms with E-state index >= 15 is 0 Å². The van der Waals surface area contributed by atoms with Crippen LogP contribution in [0.15, 0.2) is 18.2 Å². The van der Waals surface area contributed by atoms with Gasteiger partial charge in [-0.1, -0.05) is 6.07 Å². The molecule has 1 aliphatic rings. The van der Waals surface area contributed by atoms with E-state index in [0.29, 0.717) is 24.3 Å². The number of nitrogens with two attached hydrogens (primary N) is 1. The van der Waals surface area contributed by atoms with Gasteiger partial charge in [-0.15, -0.1) is 0 Å². The number of nitrogen functional groups attached to an aromatic ring is 1. The molecule has 102 valence electrons. The highest BCUT2D eigenvalue weighted by molar-refractivity contribution is 6.01. The molecule has 1 saturated heterocycles. The number of piperidine rings is 1. The molecule has 0 spiro atoms. The van der Waals surface area contributed by atoms with E-state index in [1.807, 2.05) is 19.9 Å². The molecule has 1 heterocycles. The Balaban J connectivity index is 2.25. The summed E-state index contributed by atoms with van der Waals surface area (Å²) in [5.74, 6) is -0.197. The molecule has 1 atom stereocenters. The standard InChI is InChI=1S/C14H18N2O3/c1-8(2)19-12-7-9(3-5-11(12)15)10-4-6-13(17)16-14(10)18/h3,5,7-8,10H,4,6,15H2,1-2H3,(H,16,17,18). The molecule has 0 aromatic heterocycles. The molecule has 1 fully saturated rings. The van der Waals surface area contributed by atoms with Crippen molar-refractivity contribution in [3.63, 3.8) is 0 Å². The molecule has 2 amide bonds. The number of rotatable bonds is 3. The molecule has 0 radical (unpaired) electrons. The molecular weight excluding hydrogens is 244 g/mol. The summed E-state index contributed by atoms with van der Waals surface area (Å²) in [5, 5.41) is 2.35. The van der Waals surface area contributed by atoms with Gasteiger partial charge in [0.05, 0.1) is 17.7 Å². The Morgan fingerprint density at radius 3 is 2.74 bits per heavy atom. The fourth-order valence-corrected chi connectivity index (χ4v) is 2.14. The van der Waals surface area contributed by atoms with Gasteiger partial charge >= 0.3 is 0 Å². The lowest BCUT2D eigenvalue weighted by Crippen LogP contribution is -2.39. The Bertz CT molecular complexity index is 511. The van der Waals surface area contributed by atoms with Crippen LogP contribution < -0.4 is 15.8 Å². The maximum absolute atomic E-state index is 11.8. The minimum Gasteiger partial charge on any atom is -0.489 e. The van der Waals surface area contributed by atoms with E-state index in [-0.39, 0.29) is 23.8 Å². The normalized spacial score (nSPS) is 19.4. The zero-order valence-corrected chi connectivity index (χ0v) is 11.1. The van der Waals surface area contributed by atoms with Crippen LogP contribution in [0.25, 0.3) is 0 Å². The molecule has 0 bridgehead atoms.